The molecule has 114 valence electrons. The molecule has 0 aliphatic rings. The smallest absolute Gasteiger partial charge is 0.345 e. The maximum absolute atomic E-state index is 12.0. The Morgan fingerprint density at radius 3 is 2.45 bits per heavy atom. The number of rotatable bonds is 3. The highest BCUT2D eigenvalue weighted by Gasteiger charge is 2.13. The Bertz CT molecular complexity index is 709. The molecule has 5 nitrogen and oxygen atoms in total. The molecule has 2 aromatic rings. The Kier molecular flexibility index (Phi) is 4.78. The number of nitrogens with zero attached hydrogens (tertiary/aromatic N) is 1. The first-order valence-corrected chi connectivity index (χ1v) is 6.98. The Morgan fingerprint density at radius 1 is 1.14 bits per heavy atom. The summed E-state index contributed by atoms with van der Waals surface area (Å²) in [5, 5.41) is 22.4. The molecule has 3 N–H and O–H groups in total. The average Bonchev–Trinajstić information content (AvgIpc) is 2.52. The number of phenols is 2. The Morgan fingerprint density at radius 2 is 1.82 bits per heavy atom. The van der Waals surface area contributed by atoms with Crippen molar-refractivity contribution in [3.8, 4) is 11.5 Å². The maximum Gasteiger partial charge on any atom is 0.345 e. The molecule has 0 saturated heterocycles. The third kappa shape index (κ3) is 3.44. The van der Waals surface area contributed by atoms with E-state index in [1.165, 1.54) is 6.07 Å². The van der Waals surface area contributed by atoms with Crippen LogP contribution in [0.3, 0.4) is 0 Å². The van der Waals surface area contributed by atoms with Gasteiger partial charge in [0.1, 0.15) is 11.5 Å². The second-order valence-corrected chi connectivity index (χ2v) is 4.81. The molecule has 2 aromatic carbocycles. The minimum Gasteiger partial charge on any atom is -0.508 e. The fourth-order valence-electron chi connectivity index (χ4n) is 2.05. The molecular weight excluding hydrogens is 280 g/mol. The summed E-state index contributed by atoms with van der Waals surface area (Å²) in [7, 11) is 0. The number of urea groups is 1. The summed E-state index contributed by atoms with van der Waals surface area (Å²) >= 11 is 0. The van der Waals surface area contributed by atoms with Crippen molar-refractivity contribution in [3.63, 3.8) is 0 Å². The molecule has 0 radical (unpaired) electrons. The largest absolute Gasteiger partial charge is 0.508 e. The van der Waals surface area contributed by atoms with Crippen LogP contribution in [0, 0.1) is 6.92 Å². The molecular formula is C17H18N2O3. The number of phenolic OH excluding ortho intramolecular Hbond substituents is 2. The third-order valence-electron chi connectivity index (χ3n) is 3.31. The van der Waals surface area contributed by atoms with Crippen LogP contribution in [0.15, 0.2) is 47.5 Å². The normalized spacial score (nSPS) is 11.3. The van der Waals surface area contributed by atoms with Gasteiger partial charge in [-0.3, -0.25) is 0 Å². The highest BCUT2D eigenvalue weighted by Crippen LogP contribution is 2.30. The van der Waals surface area contributed by atoms with Crippen molar-refractivity contribution in [2.75, 3.05) is 5.32 Å². The Hall–Kier alpha value is -2.82. The van der Waals surface area contributed by atoms with Crippen LogP contribution < -0.4 is 5.32 Å². The molecule has 0 aliphatic heterocycles. The van der Waals surface area contributed by atoms with Gasteiger partial charge in [0.2, 0.25) is 0 Å². The lowest BCUT2D eigenvalue weighted by atomic mass is 10.0. The third-order valence-corrected chi connectivity index (χ3v) is 3.31. The zero-order chi connectivity index (χ0) is 16.1. The zero-order valence-electron chi connectivity index (χ0n) is 12.5. The lowest BCUT2D eigenvalue weighted by Gasteiger charge is -2.10. The minimum absolute atomic E-state index is 0.00504. The predicted molar refractivity (Wildman–Crippen MR) is 86.8 cm³/mol. The summed E-state index contributed by atoms with van der Waals surface area (Å²) in [4.78, 5) is 16.0. The van der Waals surface area contributed by atoms with Crippen molar-refractivity contribution in [1.29, 1.82) is 0 Å². The molecule has 0 unspecified atom stereocenters. The SMILES string of the molecule is CC/C(=N\C(=O)Nc1ccccc1)c1ccc(O)c(C)c1O. The lowest BCUT2D eigenvalue weighted by Crippen LogP contribution is -2.11. The van der Waals surface area contributed by atoms with Crippen LogP contribution in [0.4, 0.5) is 10.5 Å². The van der Waals surface area contributed by atoms with Crippen LogP contribution in [-0.2, 0) is 0 Å². The van der Waals surface area contributed by atoms with Gasteiger partial charge in [0.05, 0.1) is 5.71 Å². The number of carbonyl (C=O) groups is 1. The van der Waals surface area contributed by atoms with Crippen LogP contribution in [-0.4, -0.2) is 22.0 Å². The van der Waals surface area contributed by atoms with Crippen LogP contribution in [0.1, 0.15) is 24.5 Å². The van der Waals surface area contributed by atoms with Gasteiger partial charge < -0.3 is 15.5 Å². The Balaban J connectivity index is 2.28. The van der Waals surface area contributed by atoms with E-state index in [0.717, 1.165) is 0 Å². The molecule has 0 bridgehead atoms. The van der Waals surface area contributed by atoms with Crippen molar-refractivity contribution >= 4 is 17.4 Å². The van der Waals surface area contributed by atoms with Crippen molar-refractivity contribution in [2.45, 2.75) is 20.3 Å². The number of carbonyl (C=O) groups excluding carboxylic acids is 1. The molecule has 22 heavy (non-hydrogen) atoms. The van der Waals surface area contributed by atoms with E-state index < -0.39 is 6.03 Å². The van der Waals surface area contributed by atoms with Crippen LogP contribution in [0.5, 0.6) is 11.5 Å². The second kappa shape index (κ2) is 6.76. The van der Waals surface area contributed by atoms with Gasteiger partial charge >= 0.3 is 6.03 Å². The van der Waals surface area contributed by atoms with E-state index in [1.807, 2.05) is 25.1 Å². The van der Waals surface area contributed by atoms with Gasteiger partial charge in [0.15, 0.2) is 0 Å². The van der Waals surface area contributed by atoms with Gasteiger partial charge in [-0.1, -0.05) is 25.1 Å². The van der Waals surface area contributed by atoms with Gasteiger partial charge in [-0.15, -0.1) is 0 Å². The van der Waals surface area contributed by atoms with Crippen molar-refractivity contribution in [2.24, 2.45) is 4.99 Å². The summed E-state index contributed by atoms with van der Waals surface area (Å²) in [5.41, 5.74) is 1.91. The number of aromatic hydroxyl groups is 2. The summed E-state index contributed by atoms with van der Waals surface area (Å²) in [6, 6.07) is 11.5. The van der Waals surface area contributed by atoms with Crippen molar-refractivity contribution in [3.05, 3.63) is 53.6 Å². The maximum atomic E-state index is 12.0. The summed E-state index contributed by atoms with van der Waals surface area (Å²) in [6.45, 7) is 3.45. The summed E-state index contributed by atoms with van der Waals surface area (Å²) in [6.07, 6.45) is 0.472. The zero-order valence-corrected chi connectivity index (χ0v) is 12.5. The minimum atomic E-state index is -0.506. The lowest BCUT2D eigenvalue weighted by molar-refractivity contribution is 0.259. The van der Waals surface area contributed by atoms with E-state index in [9.17, 15) is 15.0 Å². The number of hydrogen-bond donors (Lipinski definition) is 3. The predicted octanol–water partition coefficient (Wildman–Crippen LogP) is 3.84. The van der Waals surface area contributed by atoms with Crippen LogP contribution in [0.25, 0.3) is 0 Å². The van der Waals surface area contributed by atoms with Crippen molar-refractivity contribution < 1.29 is 15.0 Å². The highest BCUT2D eigenvalue weighted by molar-refractivity contribution is 6.10. The number of hydrogen-bond acceptors (Lipinski definition) is 3. The fourth-order valence-corrected chi connectivity index (χ4v) is 2.05. The molecule has 5 heteroatoms. The molecule has 0 saturated carbocycles. The number of aliphatic imine (C=N–C) groups is 1. The first kappa shape index (κ1) is 15.6. The molecule has 0 fully saturated rings. The van der Waals surface area contributed by atoms with E-state index >= 15 is 0 Å². The average molecular weight is 298 g/mol. The number of amides is 2. The number of para-hydroxylation sites is 1. The van der Waals surface area contributed by atoms with Gasteiger partial charge in [-0.2, -0.15) is 4.99 Å². The summed E-state index contributed by atoms with van der Waals surface area (Å²) in [5.74, 6) is -0.0569. The monoisotopic (exact) mass is 298 g/mol. The molecule has 0 aromatic heterocycles. The van der Waals surface area contributed by atoms with E-state index in [1.54, 1.807) is 25.1 Å². The van der Waals surface area contributed by atoms with Gasteiger partial charge in [0.25, 0.3) is 0 Å². The van der Waals surface area contributed by atoms with Crippen LogP contribution in [0.2, 0.25) is 0 Å². The first-order chi connectivity index (χ1) is 10.5. The quantitative estimate of drug-likeness (QED) is 0.753. The van der Waals surface area contributed by atoms with E-state index in [-0.39, 0.29) is 11.5 Å². The first-order valence-electron chi connectivity index (χ1n) is 6.98. The highest BCUT2D eigenvalue weighted by atomic mass is 16.3. The molecule has 0 spiro atoms. The molecule has 0 heterocycles. The van der Waals surface area contributed by atoms with E-state index in [0.29, 0.717) is 28.9 Å². The van der Waals surface area contributed by atoms with Crippen molar-refractivity contribution in [1.82, 2.24) is 0 Å². The summed E-state index contributed by atoms with van der Waals surface area (Å²) < 4.78 is 0. The van der Waals surface area contributed by atoms with Gasteiger partial charge in [-0.05, 0) is 37.6 Å². The fraction of sp³-hybridized carbons (Fsp3) is 0.176. The van der Waals surface area contributed by atoms with E-state index in [4.69, 9.17) is 0 Å². The standard InChI is InChI=1S/C17H18N2O3/c1-3-14(13-9-10-15(20)11(2)16(13)21)19-17(22)18-12-7-5-4-6-8-12/h4-10,20-21H,3H2,1-2H3,(H,18,22)/b19-14+. The van der Waals surface area contributed by atoms with Crippen LogP contribution >= 0.6 is 0 Å². The molecule has 0 atom stereocenters. The molecule has 2 rings (SSSR count). The second-order valence-electron chi connectivity index (χ2n) is 4.81. The number of anilines is 1. The topological polar surface area (TPSA) is 81.9 Å². The van der Waals surface area contributed by atoms with Gasteiger partial charge in [-0.25, -0.2) is 4.79 Å². The Labute approximate surface area is 129 Å². The molecule has 2 amide bonds. The number of nitrogens with one attached hydrogen (secondary N) is 1. The number of benzene rings is 2. The molecule has 0 aliphatic carbocycles. The van der Waals surface area contributed by atoms with E-state index in [2.05, 4.69) is 10.3 Å². The van der Waals surface area contributed by atoms with Gasteiger partial charge in [0, 0.05) is 16.8 Å².